The lowest BCUT2D eigenvalue weighted by Crippen LogP contribution is -2.24. The van der Waals surface area contributed by atoms with Gasteiger partial charge in [-0.1, -0.05) is 12.1 Å². The number of aromatic amines is 1. The molecule has 4 N–H and O–H groups in total. The molecule has 5 nitrogen and oxygen atoms in total. The number of H-pyrrole nitrogens is 1. The van der Waals surface area contributed by atoms with Crippen molar-refractivity contribution in [3.05, 3.63) is 24.4 Å². The highest BCUT2D eigenvalue weighted by atomic mass is 16.1. The highest BCUT2D eigenvalue weighted by Gasteiger charge is 2.08. The average Bonchev–Trinajstić information content (AvgIpc) is 2.65. The van der Waals surface area contributed by atoms with E-state index in [4.69, 9.17) is 5.73 Å². The van der Waals surface area contributed by atoms with Gasteiger partial charge in [-0.3, -0.25) is 9.89 Å². The van der Waals surface area contributed by atoms with Crippen molar-refractivity contribution in [1.82, 2.24) is 10.2 Å². The van der Waals surface area contributed by atoms with E-state index in [0.29, 0.717) is 6.42 Å². The minimum Gasteiger partial charge on any atom is -0.327 e. The van der Waals surface area contributed by atoms with Crippen molar-refractivity contribution in [3.63, 3.8) is 0 Å². The lowest BCUT2D eigenvalue weighted by molar-refractivity contribution is -0.116. The molecule has 0 spiro atoms. The maximum Gasteiger partial charge on any atom is 0.225 e. The Labute approximate surface area is 93.0 Å². The molecule has 1 amide bonds. The summed E-state index contributed by atoms with van der Waals surface area (Å²) in [6, 6.07) is 5.50. The number of nitrogens with two attached hydrogens (primary N) is 1. The number of hydrogen-bond donors (Lipinski definition) is 3. The summed E-state index contributed by atoms with van der Waals surface area (Å²) in [5.74, 6) is -0.0860. The fourth-order valence-electron chi connectivity index (χ4n) is 1.57. The lowest BCUT2D eigenvalue weighted by Gasteiger charge is -2.07. The van der Waals surface area contributed by atoms with Gasteiger partial charge in [0.05, 0.1) is 17.4 Å². The Balaban J connectivity index is 2.20. The minimum atomic E-state index is -0.138. The Morgan fingerprint density at radius 1 is 1.62 bits per heavy atom. The molecule has 0 aliphatic carbocycles. The molecule has 5 heteroatoms. The van der Waals surface area contributed by atoms with Gasteiger partial charge >= 0.3 is 0 Å². The molecule has 1 atom stereocenters. The molecule has 16 heavy (non-hydrogen) atoms. The van der Waals surface area contributed by atoms with Crippen LogP contribution in [-0.4, -0.2) is 22.1 Å². The van der Waals surface area contributed by atoms with Gasteiger partial charge in [-0.15, -0.1) is 0 Å². The number of aromatic nitrogens is 2. The van der Waals surface area contributed by atoms with Crippen LogP contribution >= 0.6 is 0 Å². The summed E-state index contributed by atoms with van der Waals surface area (Å²) >= 11 is 0. The van der Waals surface area contributed by atoms with E-state index in [1.54, 1.807) is 13.1 Å². The van der Waals surface area contributed by atoms with Gasteiger partial charge in [0.25, 0.3) is 0 Å². The fraction of sp³-hybridized carbons (Fsp3) is 0.273. The number of amides is 1. The summed E-state index contributed by atoms with van der Waals surface area (Å²) in [6.45, 7) is 1.80. The zero-order chi connectivity index (χ0) is 11.5. The van der Waals surface area contributed by atoms with E-state index in [-0.39, 0.29) is 11.9 Å². The van der Waals surface area contributed by atoms with E-state index in [0.717, 1.165) is 16.6 Å². The Morgan fingerprint density at radius 2 is 2.44 bits per heavy atom. The van der Waals surface area contributed by atoms with Crippen LogP contribution in [0.3, 0.4) is 0 Å². The van der Waals surface area contributed by atoms with Gasteiger partial charge in [-0.05, 0) is 13.0 Å². The maximum atomic E-state index is 11.6. The Hall–Kier alpha value is -1.88. The molecule has 2 rings (SSSR count). The van der Waals surface area contributed by atoms with Crippen molar-refractivity contribution in [2.45, 2.75) is 19.4 Å². The third-order valence-corrected chi connectivity index (χ3v) is 2.26. The first-order valence-corrected chi connectivity index (χ1v) is 5.14. The van der Waals surface area contributed by atoms with Gasteiger partial charge in [0.2, 0.25) is 5.91 Å². The number of rotatable bonds is 3. The van der Waals surface area contributed by atoms with Crippen molar-refractivity contribution in [2.75, 3.05) is 5.32 Å². The smallest absolute Gasteiger partial charge is 0.225 e. The normalized spacial score (nSPS) is 12.6. The molecule has 0 fully saturated rings. The van der Waals surface area contributed by atoms with Crippen molar-refractivity contribution in [2.24, 2.45) is 5.73 Å². The molecular weight excluding hydrogens is 204 g/mol. The van der Waals surface area contributed by atoms with Gasteiger partial charge in [0, 0.05) is 17.8 Å². The molecule has 0 radical (unpaired) electrons. The molecule has 1 aromatic carbocycles. The monoisotopic (exact) mass is 218 g/mol. The SMILES string of the molecule is CC(N)CC(=O)Nc1cccc2cn[nH]c12. The third-order valence-electron chi connectivity index (χ3n) is 2.26. The number of fused-ring (bicyclic) bond motifs is 1. The number of carbonyl (C=O) groups is 1. The van der Waals surface area contributed by atoms with Gasteiger partial charge in [-0.25, -0.2) is 0 Å². The zero-order valence-corrected chi connectivity index (χ0v) is 9.03. The summed E-state index contributed by atoms with van der Waals surface area (Å²) in [5, 5.41) is 10.6. The molecule has 0 bridgehead atoms. The van der Waals surface area contributed by atoms with Gasteiger partial charge in [-0.2, -0.15) is 5.10 Å². The summed E-state index contributed by atoms with van der Waals surface area (Å²) < 4.78 is 0. The van der Waals surface area contributed by atoms with Crippen LogP contribution < -0.4 is 11.1 Å². The van der Waals surface area contributed by atoms with E-state index in [2.05, 4.69) is 15.5 Å². The first kappa shape index (κ1) is 10.6. The molecular formula is C11H14N4O. The van der Waals surface area contributed by atoms with E-state index in [1.807, 2.05) is 18.2 Å². The molecule has 0 saturated carbocycles. The number of nitrogens with one attached hydrogen (secondary N) is 2. The van der Waals surface area contributed by atoms with Crippen LogP contribution in [-0.2, 0) is 4.79 Å². The van der Waals surface area contributed by atoms with Crippen molar-refractivity contribution < 1.29 is 4.79 Å². The average molecular weight is 218 g/mol. The zero-order valence-electron chi connectivity index (χ0n) is 9.03. The Bertz CT molecular complexity index is 503. The lowest BCUT2D eigenvalue weighted by atomic mass is 10.2. The summed E-state index contributed by atoms with van der Waals surface area (Å²) in [7, 11) is 0. The first-order valence-electron chi connectivity index (χ1n) is 5.14. The predicted molar refractivity (Wildman–Crippen MR) is 63.0 cm³/mol. The Morgan fingerprint density at radius 3 is 3.19 bits per heavy atom. The molecule has 2 aromatic rings. The second-order valence-electron chi connectivity index (χ2n) is 3.87. The van der Waals surface area contributed by atoms with E-state index in [9.17, 15) is 4.79 Å². The van der Waals surface area contributed by atoms with Crippen LogP contribution in [0, 0.1) is 0 Å². The van der Waals surface area contributed by atoms with Crippen LogP contribution in [0.4, 0.5) is 5.69 Å². The van der Waals surface area contributed by atoms with Crippen LogP contribution in [0.1, 0.15) is 13.3 Å². The molecule has 0 aliphatic rings. The highest BCUT2D eigenvalue weighted by Crippen LogP contribution is 2.20. The topological polar surface area (TPSA) is 83.8 Å². The van der Waals surface area contributed by atoms with Crippen LogP contribution in [0.2, 0.25) is 0 Å². The van der Waals surface area contributed by atoms with E-state index < -0.39 is 0 Å². The first-order chi connectivity index (χ1) is 7.66. The largest absolute Gasteiger partial charge is 0.327 e. The number of nitrogens with zero attached hydrogens (tertiary/aromatic N) is 1. The number of anilines is 1. The summed E-state index contributed by atoms with van der Waals surface area (Å²) in [6.07, 6.45) is 2.03. The number of para-hydroxylation sites is 1. The second-order valence-corrected chi connectivity index (χ2v) is 3.87. The Kier molecular flexibility index (Phi) is 2.87. The van der Waals surface area contributed by atoms with Crippen LogP contribution in [0.25, 0.3) is 10.9 Å². The second kappa shape index (κ2) is 4.32. The van der Waals surface area contributed by atoms with Crippen LogP contribution in [0.15, 0.2) is 24.4 Å². The minimum absolute atomic E-state index is 0.0860. The van der Waals surface area contributed by atoms with Crippen molar-refractivity contribution >= 4 is 22.5 Å². The summed E-state index contributed by atoms with van der Waals surface area (Å²) in [4.78, 5) is 11.6. The molecule has 0 aliphatic heterocycles. The van der Waals surface area contributed by atoms with Gasteiger partial charge in [0.15, 0.2) is 0 Å². The molecule has 0 saturated heterocycles. The number of benzene rings is 1. The third kappa shape index (κ3) is 2.20. The predicted octanol–water partition coefficient (Wildman–Crippen LogP) is 1.24. The molecule has 1 aromatic heterocycles. The van der Waals surface area contributed by atoms with Crippen molar-refractivity contribution in [1.29, 1.82) is 0 Å². The molecule has 84 valence electrons. The highest BCUT2D eigenvalue weighted by molar-refractivity contribution is 6.00. The number of hydrogen-bond acceptors (Lipinski definition) is 3. The number of carbonyl (C=O) groups excluding carboxylic acids is 1. The summed E-state index contributed by atoms with van der Waals surface area (Å²) in [5.41, 5.74) is 7.13. The quantitative estimate of drug-likeness (QED) is 0.724. The molecule has 1 heterocycles. The standard InChI is InChI=1S/C11H14N4O/c1-7(12)5-10(16)14-9-4-2-3-8-6-13-15-11(8)9/h2-4,6-7H,5,12H2,1H3,(H,13,15)(H,14,16). The van der Waals surface area contributed by atoms with Crippen LogP contribution in [0.5, 0.6) is 0 Å². The van der Waals surface area contributed by atoms with E-state index in [1.165, 1.54) is 0 Å². The molecule has 1 unspecified atom stereocenters. The maximum absolute atomic E-state index is 11.6. The van der Waals surface area contributed by atoms with Gasteiger partial charge in [0.1, 0.15) is 0 Å². The van der Waals surface area contributed by atoms with Crippen molar-refractivity contribution in [3.8, 4) is 0 Å². The fourth-order valence-corrected chi connectivity index (χ4v) is 1.57. The van der Waals surface area contributed by atoms with Gasteiger partial charge < -0.3 is 11.1 Å². The van der Waals surface area contributed by atoms with E-state index >= 15 is 0 Å².